The summed E-state index contributed by atoms with van der Waals surface area (Å²) in [4.78, 5) is 37.5. The first-order valence-electron chi connectivity index (χ1n) is 17.1. The number of nitrogens with two attached hydrogens (primary N) is 1. The van der Waals surface area contributed by atoms with Crippen molar-refractivity contribution in [1.29, 1.82) is 0 Å². The summed E-state index contributed by atoms with van der Waals surface area (Å²) in [5.74, 6) is 4.75. The quantitative estimate of drug-likeness (QED) is 0.263. The number of piperidine rings is 1. The van der Waals surface area contributed by atoms with Crippen molar-refractivity contribution in [2.45, 2.75) is 64.2 Å². The molecule has 2 saturated heterocycles. The summed E-state index contributed by atoms with van der Waals surface area (Å²) in [5, 5.41) is 1.11. The molecule has 11 nitrogen and oxygen atoms in total. The van der Waals surface area contributed by atoms with Crippen molar-refractivity contribution < 1.29 is 9.53 Å². The minimum Gasteiger partial charge on any atom is -0.494 e. The standard InChI is InChI=1S/C36H41N9O2/c1-21-38-12-9-31(40-21)42-13-10-23(17-42)19-45-33-27(14-26(16-30(33)47-2)36(46)44-20-25-7-8-28(44)32(25)37)41-35(45)29-15-24-4-3-11-39-34(24)43(29)18-22-5-6-22/h3-4,9,11-12,14-16,22-23,25,28,32H,5-8,10,13,17-20,37H2,1-2H3/t23?,25-,28-,32-/m1/s1. The number of amides is 1. The van der Waals surface area contributed by atoms with Gasteiger partial charge in [0.1, 0.15) is 28.6 Å². The zero-order valence-electron chi connectivity index (χ0n) is 27.0. The molecular weight excluding hydrogens is 590 g/mol. The van der Waals surface area contributed by atoms with Gasteiger partial charge >= 0.3 is 0 Å². The van der Waals surface area contributed by atoms with E-state index in [1.54, 1.807) is 7.11 Å². The number of imidazole rings is 1. The molecule has 2 saturated carbocycles. The average molecular weight is 632 g/mol. The van der Waals surface area contributed by atoms with E-state index in [1.807, 2.05) is 48.5 Å². The molecule has 1 unspecified atom stereocenters. The van der Waals surface area contributed by atoms with Gasteiger partial charge in [-0.1, -0.05) is 0 Å². The molecule has 1 aromatic carbocycles. The molecule has 2 N–H and O–H groups in total. The molecule has 9 rings (SSSR count). The van der Waals surface area contributed by atoms with Crippen molar-refractivity contribution in [3.8, 4) is 17.3 Å². The first kappa shape index (κ1) is 28.7. The van der Waals surface area contributed by atoms with Gasteiger partial charge < -0.3 is 29.4 Å². The van der Waals surface area contributed by atoms with Crippen LogP contribution in [-0.4, -0.2) is 78.7 Å². The molecule has 2 aliphatic carbocycles. The molecule has 6 heterocycles. The number of hydrogen-bond donors (Lipinski definition) is 1. The van der Waals surface area contributed by atoms with Gasteiger partial charge in [0.2, 0.25) is 0 Å². The molecule has 4 fully saturated rings. The molecule has 47 heavy (non-hydrogen) atoms. The third-order valence-corrected chi connectivity index (χ3v) is 11.0. The Balaban J connectivity index is 1.15. The van der Waals surface area contributed by atoms with Crippen LogP contribution in [0.5, 0.6) is 5.75 Å². The van der Waals surface area contributed by atoms with E-state index in [-0.39, 0.29) is 18.0 Å². The Hall–Kier alpha value is -4.51. The van der Waals surface area contributed by atoms with Crippen LogP contribution in [0.3, 0.4) is 0 Å². The van der Waals surface area contributed by atoms with Crippen LogP contribution in [0.1, 0.15) is 48.3 Å². The molecule has 4 atom stereocenters. The van der Waals surface area contributed by atoms with E-state index in [2.05, 4.69) is 31.2 Å². The highest BCUT2D eigenvalue weighted by Crippen LogP contribution is 2.41. The van der Waals surface area contributed by atoms with Gasteiger partial charge in [0.25, 0.3) is 5.91 Å². The molecule has 242 valence electrons. The third kappa shape index (κ3) is 4.85. The Morgan fingerprint density at radius 2 is 1.83 bits per heavy atom. The van der Waals surface area contributed by atoms with Crippen LogP contribution in [-0.2, 0) is 13.1 Å². The molecule has 2 bridgehead atoms. The lowest BCUT2D eigenvalue weighted by Gasteiger charge is -2.27. The zero-order valence-corrected chi connectivity index (χ0v) is 27.0. The van der Waals surface area contributed by atoms with E-state index in [9.17, 15) is 4.79 Å². The maximum absolute atomic E-state index is 14.0. The van der Waals surface area contributed by atoms with Gasteiger partial charge in [-0.25, -0.2) is 19.9 Å². The summed E-state index contributed by atoms with van der Waals surface area (Å²) < 4.78 is 10.8. The van der Waals surface area contributed by atoms with E-state index >= 15 is 0 Å². The maximum atomic E-state index is 14.0. The summed E-state index contributed by atoms with van der Waals surface area (Å²) in [6, 6.07) is 12.4. The SMILES string of the molecule is COc1cc(C(=O)N2C[C@H]3CC[C@@H]2[C@@H]3N)cc2nc(-c3cc4cccnc4n3CC3CC3)n(CC3CCN(c4ccnc(C)n4)C3)c12. The number of carbonyl (C=O) groups excluding carboxylic acids is 1. The van der Waals surface area contributed by atoms with Crippen LogP contribution < -0.4 is 15.4 Å². The molecule has 0 radical (unpaired) electrons. The summed E-state index contributed by atoms with van der Waals surface area (Å²) >= 11 is 0. The Labute approximate surface area is 273 Å². The van der Waals surface area contributed by atoms with Gasteiger partial charge in [0, 0.05) is 68.2 Å². The number of likely N-dealkylation sites (tertiary alicyclic amines) is 1. The number of nitrogens with zero attached hydrogens (tertiary/aromatic N) is 8. The Morgan fingerprint density at radius 3 is 2.60 bits per heavy atom. The van der Waals surface area contributed by atoms with Crippen molar-refractivity contribution in [2.24, 2.45) is 23.5 Å². The number of pyridine rings is 1. The van der Waals surface area contributed by atoms with Gasteiger partial charge in [-0.3, -0.25) is 4.79 Å². The second-order valence-corrected chi connectivity index (χ2v) is 14.1. The number of aromatic nitrogens is 6. The maximum Gasteiger partial charge on any atom is 0.254 e. The van der Waals surface area contributed by atoms with E-state index in [1.165, 1.54) is 12.8 Å². The number of hydrogen-bond acceptors (Lipinski definition) is 8. The Morgan fingerprint density at radius 1 is 0.957 bits per heavy atom. The zero-order chi connectivity index (χ0) is 31.8. The lowest BCUT2D eigenvalue weighted by Crippen LogP contribution is -2.41. The van der Waals surface area contributed by atoms with Crippen LogP contribution in [0.4, 0.5) is 5.82 Å². The second-order valence-electron chi connectivity index (χ2n) is 14.1. The van der Waals surface area contributed by atoms with Crippen LogP contribution >= 0.6 is 0 Å². The molecule has 1 amide bonds. The summed E-state index contributed by atoms with van der Waals surface area (Å²) in [6.07, 6.45) is 9.30. The predicted molar refractivity (Wildman–Crippen MR) is 180 cm³/mol. The fraction of sp³-hybridized carbons (Fsp3) is 0.472. The average Bonchev–Trinajstić information content (AvgIpc) is 3.39. The van der Waals surface area contributed by atoms with Gasteiger partial charge in [-0.05, 0) is 93.2 Å². The van der Waals surface area contributed by atoms with Crippen LogP contribution in [0.25, 0.3) is 33.6 Å². The van der Waals surface area contributed by atoms with Crippen molar-refractivity contribution >= 4 is 33.8 Å². The number of aryl methyl sites for hydroxylation is 1. The van der Waals surface area contributed by atoms with Crippen LogP contribution in [0.2, 0.25) is 0 Å². The van der Waals surface area contributed by atoms with E-state index in [4.69, 9.17) is 25.4 Å². The van der Waals surface area contributed by atoms with Crippen molar-refractivity contribution in [2.75, 3.05) is 31.6 Å². The largest absolute Gasteiger partial charge is 0.494 e. The molecule has 4 aliphatic rings. The van der Waals surface area contributed by atoms with E-state index in [0.717, 1.165) is 97.2 Å². The van der Waals surface area contributed by atoms with Crippen molar-refractivity contribution in [3.05, 3.63) is 60.2 Å². The summed E-state index contributed by atoms with van der Waals surface area (Å²) in [7, 11) is 1.69. The second kappa shape index (κ2) is 11.0. The monoisotopic (exact) mass is 631 g/mol. The lowest BCUT2D eigenvalue weighted by atomic mass is 10.1. The lowest BCUT2D eigenvalue weighted by molar-refractivity contribution is 0.0700. The normalized spacial score (nSPS) is 23.9. The number of fused-ring (bicyclic) bond motifs is 4. The van der Waals surface area contributed by atoms with E-state index in [0.29, 0.717) is 29.1 Å². The van der Waals surface area contributed by atoms with Gasteiger partial charge in [-0.2, -0.15) is 0 Å². The van der Waals surface area contributed by atoms with Gasteiger partial charge in [0.15, 0.2) is 5.82 Å². The summed E-state index contributed by atoms with van der Waals surface area (Å²) in [6.45, 7) is 6.16. The minimum absolute atomic E-state index is 0.0163. The first-order chi connectivity index (χ1) is 22.9. The topological polar surface area (TPSA) is 120 Å². The number of anilines is 1. The van der Waals surface area contributed by atoms with Gasteiger partial charge in [0.05, 0.1) is 18.3 Å². The number of carbonyl (C=O) groups is 1. The molecule has 2 aliphatic heterocycles. The fourth-order valence-electron chi connectivity index (χ4n) is 8.41. The number of benzene rings is 1. The highest BCUT2D eigenvalue weighted by atomic mass is 16.5. The van der Waals surface area contributed by atoms with Crippen LogP contribution in [0, 0.1) is 24.7 Å². The Kier molecular flexibility index (Phi) is 6.74. The molecular formula is C36H41N9O2. The van der Waals surface area contributed by atoms with Crippen LogP contribution in [0.15, 0.2) is 48.8 Å². The number of rotatable bonds is 8. The smallest absolute Gasteiger partial charge is 0.254 e. The minimum atomic E-state index is 0.0163. The Bertz CT molecular complexity index is 2010. The first-order valence-corrected chi connectivity index (χ1v) is 17.1. The third-order valence-electron chi connectivity index (χ3n) is 11.0. The highest BCUT2D eigenvalue weighted by Gasteiger charge is 2.47. The molecule has 11 heteroatoms. The predicted octanol–water partition coefficient (Wildman–Crippen LogP) is 4.66. The summed E-state index contributed by atoms with van der Waals surface area (Å²) in [5.41, 5.74) is 10.8. The fourth-order valence-corrected chi connectivity index (χ4v) is 8.41. The number of methoxy groups -OCH3 is 1. The van der Waals surface area contributed by atoms with Crippen molar-refractivity contribution in [3.63, 3.8) is 0 Å². The van der Waals surface area contributed by atoms with Crippen molar-refractivity contribution in [1.82, 2.24) is 34.0 Å². The number of ether oxygens (including phenoxy) is 1. The molecule has 5 aromatic rings. The van der Waals surface area contributed by atoms with E-state index < -0.39 is 0 Å². The molecule has 0 spiro atoms. The van der Waals surface area contributed by atoms with Gasteiger partial charge in [-0.15, -0.1) is 0 Å². The highest BCUT2D eigenvalue weighted by molar-refractivity contribution is 6.00. The molecule has 4 aromatic heterocycles.